The minimum atomic E-state index is 0.0459. The Balaban J connectivity index is 2.64. The molecule has 0 saturated carbocycles. The van der Waals surface area contributed by atoms with Crippen LogP contribution in [0.2, 0.25) is 0 Å². The highest BCUT2D eigenvalue weighted by Gasteiger charge is 2.19. The van der Waals surface area contributed by atoms with Crippen LogP contribution in [0.4, 0.5) is 0 Å². The van der Waals surface area contributed by atoms with Crippen LogP contribution in [0.15, 0.2) is 24.3 Å². The number of para-hydroxylation sites is 1. The topological polar surface area (TPSA) is 55.6 Å². The highest BCUT2D eigenvalue weighted by molar-refractivity contribution is 5.78. The van der Waals surface area contributed by atoms with Crippen molar-refractivity contribution >= 4 is 5.91 Å². The first-order valence-corrected chi connectivity index (χ1v) is 7.84. The number of amides is 1. The highest BCUT2D eigenvalue weighted by atomic mass is 16.5. The van der Waals surface area contributed by atoms with Crippen molar-refractivity contribution in [2.24, 2.45) is 5.73 Å². The number of rotatable bonds is 9. The number of unbranched alkanes of at least 4 members (excludes halogenated alkanes) is 1. The number of hydrogen-bond donors (Lipinski definition) is 1. The van der Waals surface area contributed by atoms with E-state index in [1.165, 1.54) is 0 Å². The van der Waals surface area contributed by atoms with Gasteiger partial charge in [-0.2, -0.15) is 0 Å². The summed E-state index contributed by atoms with van der Waals surface area (Å²) < 4.78 is 5.67. The molecule has 0 aromatic heterocycles. The van der Waals surface area contributed by atoms with Crippen LogP contribution in [0.1, 0.15) is 45.6 Å². The van der Waals surface area contributed by atoms with Crippen molar-refractivity contribution in [3.8, 4) is 5.75 Å². The Hall–Kier alpha value is -1.55. The van der Waals surface area contributed by atoms with E-state index in [-0.39, 0.29) is 18.6 Å². The number of nitrogens with zero attached hydrogens (tertiary/aromatic N) is 1. The molecule has 0 bridgehead atoms. The number of hydrogen-bond acceptors (Lipinski definition) is 3. The van der Waals surface area contributed by atoms with Gasteiger partial charge in [-0.1, -0.05) is 38.5 Å². The van der Waals surface area contributed by atoms with Gasteiger partial charge in [0.15, 0.2) is 6.61 Å². The molecule has 4 nitrogen and oxygen atoms in total. The minimum absolute atomic E-state index is 0.0459. The van der Waals surface area contributed by atoms with Crippen molar-refractivity contribution in [3.05, 3.63) is 29.8 Å². The second kappa shape index (κ2) is 9.40. The van der Waals surface area contributed by atoms with Crippen LogP contribution in [0, 0.1) is 0 Å². The highest BCUT2D eigenvalue weighted by Crippen LogP contribution is 2.17. The molecule has 0 saturated heterocycles. The maximum Gasteiger partial charge on any atom is 0.260 e. The third-order valence-electron chi connectivity index (χ3n) is 3.74. The van der Waals surface area contributed by atoms with Crippen molar-refractivity contribution in [1.29, 1.82) is 0 Å². The summed E-state index contributed by atoms with van der Waals surface area (Å²) in [5.41, 5.74) is 6.60. The summed E-state index contributed by atoms with van der Waals surface area (Å²) >= 11 is 0. The van der Waals surface area contributed by atoms with Crippen LogP contribution >= 0.6 is 0 Å². The van der Waals surface area contributed by atoms with Gasteiger partial charge in [0.2, 0.25) is 0 Å². The van der Waals surface area contributed by atoms with Crippen molar-refractivity contribution in [2.45, 2.75) is 52.6 Å². The molecule has 118 valence electrons. The van der Waals surface area contributed by atoms with Gasteiger partial charge in [0.25, 0.3) is 5.91 Å². The summed E-state index contributed by atoms with van der Waals surface area (Å²) in [4.78, 5) is 14.3. The maximum atomic E-state index is 12.4. The van der Waals surface area contributed by atoms with Gasteiger partial charge in [-0.3, -0.25) is 4.79 Å². The second-order valence-corrected chi connectivity index (χ2v) is 5.30. The van der Waals surface area contributed by atoms with Crippen molar-refractivity contribution in [3.63, 3.8) is 0 Å². The first-order valence-electron chi connectivity index (χ1n) is 7.84. The van der Waals surface area contributed by atoms with Crippen LogP contribution in [0.5, 0.6) is 5.75 Å². The molecule has 2 N–H and O–H groups in total. The zero-order valence-corrected chi connectivity index (χ0v) is 13.5. The Morgan fingerprint density at radius 3 is 2.67 bits per heavy atom. The van der Waals surface area contributed by atoms with Crippen LogP contribution in [-0.2, 0) is 11.3 Å². The molecule has 0 aliphatic heterocycles. The predicted molar refractivity (Wildman–Crippen MR) is 86.2 cm³/mol. The molecule has 1 rings (SSSR count). The Bertz CT molecular complexity index is 435. The lowest BCUT2D eigenvalue weighted by Crippen LogP contribution is -2.41. The van der Waals surface area contributed by atoms with Gasteiger partial charge in [-0.15, -0.1) is 0 Å². The molecule has 0 spiro atoms. The molecular weight excluding hydrogens is 264 g/mol. The van der Waals surface area contributed by atoms with E-state index in [1.807, 2.05) is 29.2 Å². The average Bonchev–Trinajstić information content (AvgIpc) is 2.53. The molecule has 1 aromatic rings. The van der Waals surface area contributed by atoms with Gasteiger partial charge in [-0.25, -0.2) is 0 Å². The predicted octanol–water partition coefficient (Wildman–Crippen LogP) is 2.95. The summed E-state index contributed by atoms with van der Waals surface area (Å²) in [5.74, 6) is 0.748. The van der Waals surface area contributed by atoms with E-state index in [9.17, 15) is 4.79 Å². The van der Waals surface area contributed by atoms with Crippen LogP contribution in [-0.4, -0.2) is 30.0 Å². The van der Waals surface area contributed by atoms with Crippen molar-refractivity contribution in [2.75, 3.05) is 13.2 Å². The first kappa shape index (κ1) is 17.5. The van der Waals surface area contributed by atoms with E-state index in [2.05, 4.69) is 20.8 Å². The third-order valence-corrected chi connectivity index (χ3v) is 3.74. The molecule has 0 radical (unpaired) electrons. The van der Waals surface area contributed by atoms with Gasteiger partial charge < -0.3 is 15.4 Å². The van der Waals surface area contributed by atoms with E-state index < -0.39 is 0 Å². The van der Waals surface area contributed by atoms with E-state index in [4.69, 9.17) is 10.5 Å². The standard InChI is InChI=1S/C17H28N2O2/c1-4-6-11-19(14(3)5-2)17(20)13-21-16-10-8-7-9-15(16)12-18/h7-10,14H,4-6,11-13,18H2,1-3H3. The molecule has 0 aliphatic rings. The average molecular weight is 292 g/mol. The molecule has 1 unspecified atom stereocenters. The number of carbonyl (C=O) groups is 1. The smallest absolute Gasteiger partial charge is 0.260 e. The van der Waals surface area contributed by atoms with Crippen molar-refractivity contribution < 1.29 is 9.53 Å². The van der Waals surface area contributed by atoms with Crippen LogP contribution in [0.25, 0.3) is 0 Å². The zero-order chi connectivity index (χ0) is 15.7. The lowest BCUT2D eigenvalue weighted by molar-refractivity contribution is -0.135. The summed E-state index contributed by atoms with van der Waals surface area (Å²) in [6.07, 6.45) is 3.06. The zero-order valence-electron chi connectivity index (χ0n) is 13.5. The molecule has 1 amide bonds. The summed E-state index contributed by atoms with van der Waals surface area (Å²) in [6.45, 7) is 7.60. The maximum absolute atomic E-state index is 12.4. The summed E-state index contributed by atoms with van der Waals surface area (Å²) in [7, 11) is 0. The van der Waals surface area contributed by atoms with E-state index >= 15 is 0 Å². The number of carbonyl (C=O) groups excluding carboxylic acids is 1. The summed E-state index contributed by atoms with van der Waals surface area (Å²) in [5, 5.41) is 0. The molecular formula is C17H28N2O2. The lowest BCUT2D eigenvalue weighted by atomic mass is 10.2. The van der Waals surface area contributed by atoms with E-state index in [0.29, 0.717) is 12.3 Å². The van der Waals surface area contributed by atoms with Gasteiger partial charge >= 0.3 is 0 Å². The molecule has 4 heteroatoms. The Morgan fingerprint density at radius 2 is 2.05 bits per heavy atom. The van der Waals surface area contributed by atoms with Crippen LogP contribution in [0.3, 0.4) is 0 Å². The second-order valence-electron chi connectivity index (χ2n) is 5.30. The van der Waals surface area contributed by atoms with Gasteiger partial charge in [0.05, 0.1) is 0 Å². The molecule has 0 fully saturated rings. The normalized spacial score (nSPS) is 12.0. The molecule has 0 heterocycles. The lowest BCUT2D eigenvalue weighted by Gasteiger charge is -2.28. The number of nitrogens with two attached hydrogens (primary N) is 1. The summed E-state index contributed by atoms with van der Waals surface area (Å²) in [6, 6.07) is 7.84. The van der Waals surface area contributed by atoms with Crippen molar-refractivity contribution in [1.82, 2.24) is 4.90 Å². The number of benzene rings is 1. The fraction of sp³-hybridized carbons (Fsp3) is 0.588. The Labute approximate surface area is 128 Å². The third kappa shape index (κ3) is 5.38. The molecule has 21 heavy (non-hydrogen) atoms. The monoisotopic (exact) mass is 292 g/mol. The van der Waals surface area contributed by atoms with Gasteiger partial charge in [0, 0.05) is 24.7 Å². The van der Waals surface area contributed by atoms with Crippen LogP contribution < -0.4 is 10.5 Å². The molecule has 1 atom stereocenters. The molecule has 0 aliphatic carbocycles. The van der Waals surface area contributed by atoms with E-state index in [1.54, 1.807) is 0 Å². The first-order chi connectivity index (χ1) is 10.1. The fourth-order valence-electron chi connectivity index (χ4n) is 2.18. The molecule has 1 aromatic carbocycles. The quantitative estimate of drug-likeness (QED) is 0.761. The minimum Gasteiger partial charge on any atom is -0.483 e. The SMILES string of the molecule is CCCCN(C(=O)COc1ccccc1CN)C(C)CC. The number of ether oxygens (including phenoxy) is 1. The van der Waals surface area contributed by atoms with Gasteiger partial charge in [0.1, 0.15) is 5.75 Å². The Kier molecular flexibility index (Phi) is 7.83. The fourth-order valence-corrected chi connectivity index (χ4v) is 2.18. The Morgan fingerprint density at radius 1 is 1.33 bits per heavy atom. The van der Waals surface area contributed by atoms with Gasteiger partial charge in [-0.05, 0) is 25.8 Å². The van der Waals surface area contributed by atoms with E-state index in [0.717, 1.165) is 31.4 Å². The largest absolute Gasteiger partial charge is 0.483 e.